The second kappa shape index (κ2) is 5.46. The lowest BCUT2D eigenvalue weighted by atomic mass is 9.93. The van der Waals surface area contributed by atoms with Crippen molar-refractivity contribution in [3.63, 3.8) is 0 Å². The molecule has 16 heavy (non-hydrogen) atoms. The molecule has 0 aliphatic rings. The third-order valence-corrected chi connectivity index (χ3v) is 3.59. The van der Waals surface area contributed by atoms with Crippen LogP contribution in [0, 0.1) is 6.92 Å². The van der Waals surface area contributed by atoms with E-state index in [9.17, 15) is 4.79 Å². The van der Waals surface area contributed by atoms with Gasteiger partial charge in [-0.25, -0.2) is 0 Å². The summed E-state index contributed by atoms with van der Waals surface area (Å²) in [5.41, 5.74) is 7.98. The second-order valence-corrected chi connectivity index (χ2v) is 4.70. The Labute approximate surface area is 104 Å². The van der Waals surface area contributed by atoms with Crippen molar-refractivity contribution in [1.82, 2.24) is 0 Å². The summed E-state index contributed by atoms with van der Waals surface area (Å²) in [5.74, 6) is -0.450. The van der Waals surface area contributed by atoms with Crippen LogP contribution in [0.5, 0.6) is 0 Å². The second-order valence-electron chi connectivity index (χ2n) is 3.85. The predicted octanol–water partition coefficient (Wildman–Crippen LogP) is 2.36. The molecule has 0 saturated heterocycles. The molecule has 0 spiro atoms. The summed E-state index contributed by atoms with van der Waals surface area (Å²) < 4.78 is 5.66. The van der Waals surface area contributed by atoms with Crippen LogP contribution in [-0.2, 0) is 9.53 Å². The van der Waals surface area contributed by atoms with Crippen molar-refractivity contribution in [2.24, 2.45) is 5.73 Å². The predicted molar refractivity (Wildman–Crippen MR) is 67.3 cm³/mol. The molecule has 0 radical (unpaired) electrons. The van der Waals surface area contributed by atoms with Gasteiger partial charge in [-0.15, -0.1) is 0 Å². The van der Waals surface area contributed by atoms with E-state index in [0.29, 0.717) is 0 Å². The van der Waals surface area contributed by atoms with Gasteiger partial charge in [0.15, 0.2) is 0 Å². The van der Waals surface area contributed by atoms with Crippen LogP contribution in [0.3, 0.4) is 0 Å². The molecular formula is C12H16BrNO2. The largest absolute Gasteiger partial charge is 0.468 e. The maximum Gasteiger partial charge on any atom is 0.323 e. The van der Waals surface area contributed by atoms with E-state index in [4.69, 9.17) is 5.73 Å². The topological polar surface area (TPSA) is 52.3 Å². The van der Waals surface area contributed by atoms with Gasteiger partial charge in [0.1, 0.15) is 6.04 Å². The zero-order valence-corrected chi connectivity index (χ0v) is 11.2. The summed E-state index contributed by atoms with van der Waals surface area (Å²) in [4.78, 5) is 11.3. The summed E-state index contributed by atoms with van der Waals surface area (Å²) in [5, 5.41) is 0. The Morgan fingerprint density at radius 2 is 2.12 bits per heavy atom. The molecule has 3 nitrogen and oxygen atoms in total. The molecule has 1 rings (SSSR count). The number of nitrogens with two attached hydrogens (primary N) is 1. The lowest BCUT2D eigenvalue weighted by molar-refractivity contribution is -0.142. The Kier molecular flexibility index (Phi) is 4.50. The summed E-state index contributed by atoms with van der Waals surface area (Å²) in [6.07, 6.45) is 0. The molecule has 0 heterocycles. The van der Waals surface area contributed by atoms with Crippen molar-refractivity contribution in [2.45, 2.75) is 25.8 Å². The number of halogens is 1. The van der Waals surface area contributed by atoms with Gasteiger partial charge in [-0.3, -0.25) is 4.79 Å². The molecule has 4 heteroatoms. The molecule has 0 bridgehead atoms. The van der Waals surface area contributed by atoms with E-state index >= 15 is 0 Å². The van der Waals surface area contributed by atoms with Gasteiger partial charge in [0.2, 0.25) is 0 Å². The molecule has 1 aromatic carbocycles. The highest BCUT2D eigenvalue weighted by molar-refractivity contribution is 9.10. The zero-order chi connectivity index (χ0) is 12.3. The standard InChI is InChI=1S/C12H16BrNO2/c1-7-4-5-9(6-10(7)13)8(2)11(14)12(15)16-3/h4-6,8,11H,14H2,1-3H3. The fourth-order valence-electron chi connectivity index (χ4n) is 1.44. The molecule has 0 fully saturated rings. The van der Waals surface area contributed by atoms with Crippen molar-refractivity contribution in [1.29, 1.82) is 0 Å². The molecule has 0 aliphatic heterocycles. The lowest BCUT2D eigenvalue weighted by Crippen LogP contribution is -2.36. The van der Waals surface area contributed by atoms with Crippen LogP contribution in [0.2, 0.25) is 0 Å². The maximum absolute atomic E-state index is 11.3. The van der Waals surface area contributed by atoms with E-state index in [1.165, 1.54) is 7.11 Å². The summed E-state index contributed by atoms with van der Waals surface area (Å²) in [6.45, 7) is 3.93. The minimum absolute atomic E-state index is 0.0654. The van der Waals surface area contributed by atoms with Crippen molar-refractivity contribution in [3.05, 3.63) is 33.8 Å². The fourth-order valence-corrected chi connectivity index (χ4v) is 1.84. The first-order valence-electron chi connectivity index (χ1n) is 5.06. The average molecular weight is 286 g/mol. The number of hydrogen-bond donors (Lipinski definition) is 1. The Hall–Kier alpha value is -0.870. The molecule has 2 N–H and O–H groups in total. The number of ether oxygens (including phenoxy) is 1. The minimum Gasteiger partial charge on any atom is -0.468 e. The summed E-state index contributed by atoms with van der Waals surface area (Å²) >= 11 is 3.46. The highest BCUT2D eigenvalue weighted by Gasteiger charge is 2.23. The van der Waals surface area contributed by atoms with E-state index in [0.717, 1.165) is 15.6 Å². The van der Waals surface area contributed by atoms with Crippen LogP contribution in [0.25, 0.3) is 0 Å². The van der Waals surface area contributed by atoms with Gasteiger partial charge in [-0.05, 0) is 24.1 Å². The van der Waals surface area contributed by atoms with E-state index in [-0.39, 0.29) is 11.9 Å². The first-order chi connectivity index (χ1) is 7.47. The Bertz CT molecular complexity index is 393. The monoisotopic (exact) mass is 285 g/mol. The molecule has 88 valence electrons. The molecule has 0 amide bonds. The molecule has 2 atom stereocenters. The first kappa shape index (κ1) is 13.2. The van der Waals surface area contributed by atoms with E-state index in [1.54, 1.807) is 0 Å². The van der Waals surface area contributed by atoms with Gasteiger partial charge in [0, 0.05) is 10.4 Å². The van der Waals surface area contributed by atoms with Crippen LogP contribution < -0.4 is 5.73 Å². The van der Waals surface area contributed by atoms with Crippen molar-refractivity contribution < 1.29 is 9.53 Å². The number of rotatable bonds is 3. The number of hydrogen-bond acceptors (Lipinski definition) is 3. The van der Waals surface area contributed by atoms with Crippen LogP contribution in [0.15, 0.2) is 22.7 Å². The smallest absolute Gasteiger partial charge is 0.323 e. The number of carbonyl (C=O) groups excluding carboxylic acids is 1. The van der Waals surface area contributed by atoms with Crippen molar-refractivity contribution in [3.8, 4) is 0 Å². The maximum atomic E-state index is 11.3. The van der Waals surface area contributed by atoms with Gasteiger partial charge < -0.3 is 10.5 Å². The SMILES string of the molecule is COC(=O)C(N)C(C)c1ccc(C)c(Br)c1. The molecule has 1 aromatic rings. The van der Waals surface area contributed by atoms with Crippen molar-refractivity contribution in [2.75, 3.05) is 7.11 Å². The average Bonchev–Trinajstić information content (AvgIpc) is 2.29. The highest BCUT2D eigenvalue weighted by atomic mass is 79.9. The quantitative estimate of drug-likeness (QED) is 0.868. The third kappa shape index (κ3) is 2.83. The number of carbonyl (C=O) groups is 1. The Morgan fingerprint density at radius 1 is 1.50 bits per heavy atom. The van der Waals surface area contributed by atoms with Crippen molar-refractivity contribution >= 4 is 21.9 Å². The highest BCUT2D eigenvalue weighted by Crippen LogP contribution is 2.24. The van der Waals surface area contributed by atoms with E-state index in [2.05, 4.69) is 20.7 Å². The van der Waals surface area contributed by atoms with E-state index in [1.807, 2.05) is 32.0 Å². The normalized spacial score (nSPS) is 14.3. The summed E-state index contributed by atoms with van der Waals surface area (Å²) in [6, 6.07) is 5.34. The molecule has 2 unspecified atom stereocenters. The van der Waals surface area contributed by atoms with Gasteiger partial charge in [-0.2, -0.15) is 0 Å². The number of methoxy groups -OCH3 is 1. The van der Waals surface area contributed by atoms with E-state index < -0.39 is 6.04 Å². The van der Waals surface area contributed by atoms with Crippen LogP contribution in [0.1, 0.15) is 24.0 Å². The van der Waals surface area contributed by atoms with Crippen LogP contribution >= 0.6 is 15.9 Å². The van der Waals surface area contributed by atoms with Gasteiger partial charge in [0.05, 0.1) is 7.11 Å². The zero-order valence-electron chi connectivity index (χ0n) is 9.66. The molecule has 0 aromatic heterocycles. The summed E-state index contributed by atoms with van der Waals surface area (Å²) in [7, 11) is 1.35. The lowest BCUT2D eigenvalue weighted by Gasteiger charge is -2.18. The van der Waals surface area contributed by atoms with Crippen LogP contribution in [0.4, 0.5) is 0 Å². The number of aryl methyl sites for hydroxylation is 1. The molecule has 0 saturated carbocycles. The first-order valence-corrected chi connectivity index (χ1v) is 5.86. The molecule has 0 aliphatic carbocycles. The number of benzene rings is 1. The van der Waals surface area contributed by atoms with Gasteiger partial charge in [-0.1, -0.05) is 35.0 Å². The number of esters is 1. The van der Waals surface area contributed by atoms with Gasteiger partial charge >= 0.3 is 5.97 Å². The fraction of sp³-hybridized carbons (Fsp3) is 0.417. The van der Waals surface area contributed by atoms with Gasteiger partial charge in [0.25, 0.3) is 0 Å². The minimum atomic E-state index is -0.625. The molecular weight excluding hydrogens is 270 g/mol. The van der Waals surface area contributed by atoms with Crippen LogP contribution in [-0.4, -0.2) is 19.1 Å². The Balaban J connectivity index is 2.91. The Morgan fingerprint density at radius 3 is 2.62 bits per heavy atom. The third-order valence-electron chi connectivity index (χ3n) is 2.73.